The lowest BCUT2D eigenvalue weighted by atomic mass is 9.69. The van der Waals surface area contributed by atoms with Gasteiger partial charge in [-0.05, 0) is 68.4 Å². The van der Waals surface area contributed by atoms with Crippen LogP contribution >= 0.6 is 0 Å². The first-order chi connectivity index (χ1) is 9.40. The van der Waals surface area contributed by atoms with Crippen molar-refractivity contribution in [3.63, 3.8) is 0 Å². The number of hydrogen-bond acceptors (Lipinski definition) is 2. The van der Waals surface area contributed by atoms with E-state index in [2.05, 4.69) is 32.6 Å². The highest BCUT2D eigenvalue weighted by molar-refractivity contribution is 4.89. The highest BCUT2D eigenvalue weighted by atomic mass is 16.3. The van der Waals surface area contributed by atoms with E-state index < -0.39 is 0 Å². The van der Waals surface area contributed by atoms with Crippen LogP contribution in [0, 0.1) is 23.2 Å². The first kappa shape index (κ1) is 16.3. The summed E-state index contributed by atoms with van der Waals surface area (Å²) in [5, 5.41) is 10.6. The zero-order chi connectivity index (χ0) is 14.8. The highest BCUT2D eigenvalue weighted by Gasteiger charge is 2.38. The van der Waals surface area contributed by atoms with Crippen LogP contribution in [0.4, 0.5) is 0 Å². The predicted molar refractivity (Wildman–Crippen MR) is 85.7 cm³/mol. The van der Waals surface area contributed by atoms with Crippen molar-refractivity contribution in [1.29, 1.82) is 0 Å². The van der Waals surface area contributed by atoms with Crippen LogP contribution in [0.3, 0.4) is 0 Å². The molecule has 0 aromatic heterocycles. The summed E-state index contributed by atoms with van der Waals surface area (Å²) in [6.07, 6.45) is 7.66. The van der Waals surface area contributed by atoms with E-state index in [-0.39, 0.29) is 11.5 Å². The molecule has 1 aliphatic heterocycles. The van der Waals surface area contributed by atoms with E-state index in [1.807, 2.05) is 0 Å². The Morgan fingerprint density at radius 2 is 1.85 bits per heavy atom. The Balaban J connectivity index is 1.87. The van der Waals surface area contributed by atoms with Gasteiger partial charge >= 0.3 is 0 Å². The molecule has 1 saturated heterocycles. The van der Waals surface area contributed by atoms with Gasteiger partial charge in [0.25, 0.3) is 0 Å². The summed E-state index contributed by atoms with van der Waals surface area (Å²) in [7, 11) is 0. The Bertz CT molecular complexity index is 300. The zero-order valence-electron chi connectivity index (χ0n) is 14.1. The molecular weight excluding hydrogens is 246 g/mol. The lowest BCUT2D eigenvalue weighted by Crippen LogP contribution is -2.45. The summed E-state index contributed by atoms with van der Waals surface area (Å²) in [5.74, 6) is 2.23. The van der Waals surface area contributed by atoms with Gasteiger partial charge in [-0.25, -0.2) is 0 Å². The topological polar surface area (TPSA) is 23.5 Å². The van der Waals surface area contributed by atoms with Crippen LogP contribution in [0.15, 0.2) is 0 Å². The van der Waals surface area contributed by atoms with Crippen molar-refractivity contribution in [2.45, 2.75) is 72.3 Å². The fraction of sp³-hybridized carbons (Fsp3) is 1.00. The SMILES string of the molecule is CC(C)C1CCCN(CC2CCCC(C)(C)C2O)CC1. The fourth-order valence-electron chi connectivity index (χ4n) is 4.32. The van der Waals surface area contributed by atoms with E-state index in [0.717, 1.165) is 18.4 Å². The van der Waals surface area contributed by atoms with Gasteiger partial charge in [-0.2, -0.15) is 0 Å². The number of aliphatic hydroxyl groups excluding tert-OH is 1. The molecule has 1 aliphatic carbocycles. The van der Waals surface area contributed by atoms with Crippen LogP contribution in [-0.2, 0) is 0 Å². The van der Waals surface area contributed by atoms with Gasteiger partial charge in [-0.3, -0.25) is 0 Å². The third kappa shape index (κ3) is 3.98. The molecule has 118 valence electrons. The van der Waals surface area contributed by atoms with E-state index in [1.54, 1.807) is 0 Å². The Morgan fingerprint density at radius 3 is 2.55 bits per heavy atom. The fourth-order valence-corrected chi connectivity index (χ4v) is 4.32. The van der Waals surface area contributed by atoms with Crippen LogP contribution in [0.2, 0.25) is 0 Å². The number of aliphatic hydroxyl groups is 1. The van der Waals surface area contributed by atoms with Crippen molar-refractivity contribution in [3.8, 4) is 0 Å². The van der Waals surface area contributed by atoms with Crippen LogP contribution in [-0.4, -0.2) is 35.7 Å². The maximum atomic E-state index is 10.6. The molecule has 2 aliphatic rings. The van der Waals surface area contributed by atoms with Crippen molar-refractivity contribution in [2.75, 3.05) is 19.6 Å². The minimum atomic E-state index is -0.111. The Labute approximate surface area is 125 Å². The molecule has 3 unspecified atom stereocenters. The average molecular weight is 281 g/mol. The van der Waals surface area contributed by atoms with E-state index >= 15 is 0 Å². The standard InChI is InChI=1S/C18H35NO/c1-14(2)15-8-6-11-19(12-9-15)13-16-7-5-10-18(3,4)17(16)20/h14-17,20H,5-13H2,1-4H3. The first-order valence-electron chi connectivity index (χ1n) is 8.80. The lowest BCUT2D eigenvalue weighted by molar-refractivity contribution is -0.0427. The molecular formula is C18H35NO. The number of rotatable bonds is 3. The second kappa shape index (κ2) is 6.79. The molecule has 1 saturated carbocycles. The molecule has 0 amide bonds. The van der Waals surface area contributed by atoms with Gasteiger partial charge in [0.1, 0.15) is 0 Å². The van der Waals surface area contributed by atoms with Gasteiger partial charge in [0.05, 0.1) is 6.10 Å². The normalized spacial score (nSPS) is 36.0. The molecule has 2 rings (SSSR count). The summed E-state index contributed by atoms with van der Waals surface area (Å²) in [5.41, 5.74) is 0.120. The molecule has 0 radical (unpaired) electrons. The summed E-state index contributed by atoms with van der Waals surface area (Å²) in [6.45, 7) is 12.8. The molecule has 3 atom stereocenters. The van der Waals surface area contributed by atoms with Crippen LogP contribution in [0.25, 0.3) is 0 Å². The first-order valence-corrected chi connectivity index (χ1v) is 8.80. The summed E-state index contributed by atoms with van der Waals surface area (Å²) in [4.78, 5) is 2.64. The summed E-state index contributed by atoms with van der Waals surface area (Å²) in [6, 6.07) is 0. The molecule has 0 aromatic rings. The van der Waals surface area contributed by atoms with Gasteiger partial charge in [0.15, 0.2) is 0 Å². The van der Waals surface area contributed by atoms with Crippen molar-refractivity contribution in [1.82, 2.24) is 4.90 Å². The highest BCUT2D eigenvalue weighted by Crippen LogP contribution is 2.39. The van der Waals surface area contributed by atoms with Crippen molar-refractivity contribution in [2.24, 2.45) is 23.2 Å². The van der Waals surface area contributed by atoms with Crippen LogP contribution in [0.5, 0.6) is 0 Å². The van der Waals surface area contributed by atoms with Crippen LogP contribution < -0.4 is 0 Å². The van der Waals surface area contributed by atoms with E-state index in [1.165, 1.54) is 51.6 Å². The third-order valence-electron chi connectivity index (χ3n) is 5.94. The molecule has 20 heavy (non-hydrogen) atoms. The molecule has 0 spiro atoms. The molecule has 2 nitrogen and oxygen atoms in total. The smallest absolute Gasteiger partial charge is 0.0631 e. The molecule has 0 aromatic carbocycles. The van der Waals surface area contributed by atoms with Gasteiger partial charge < -0.3 is 10.0 Å². The van der Waals surface area contributed by atoms with Gasteiger partial charge in [0, 0.05) is 6.54 Å². The molecule has 1 N–H and O–H groups in total. The minimum Gasteiger partial charge on any atom is -0.392 e. The molecule has 0 bridgehead atoms. The lowest BCUT2D eigenvalue weighted by Gasteiger charge is -2.42. The summed E-state index contributed by atoms with van der Waals surface area (Å²) >= 11 is 0. The number of nitrogens with zero attached hydrogens (tertiary/aromatic N) is 1. The monoisotopic (exact) mass is 281 g/mol. The van der Waals surface area contributed by atoms with E-state index in [4.69, 9.17) is 0 Å². The van der Waals surface area contributed by atoms with Gasteiger partial charge in [-0.15, -0.1) is 0 Å². The van der Waals surface area contributed by atoms with E-state index in [0.29, 0.717) is 5.92 Å². The second-order valence-corrected chi connectivity index (χ2v) is 8.32. The Morgan fingerprint density at radius 1 is 1.10 bits per heavy atom. The Hall–Kier alpha value is -0.0800. The molecule has 2 heteroatoms. The minimum absolute atomic E-state index is 0.111. The van der Waals surface area contributed by atoms with E-state index in [9.17, 15) is 5.11 Å². The quantitative estimate of drug-likeness (QED) is 0.847. The average Bonchev–Trinajstić information content (AvgIpc) is 2.60. The number of hydrogen-bond donors (Lipinski definition) is 1. The zero-order valence-corrected chi connectivity index (χ0v) is 14.1. The second-order valence-electron chi connectivity index (χ2n) is 8.32. The van der Waals surface area contributed by atoms with Crippen molar-refractivity contribution in [3.05, 3.63) is 0 Å². The largest absolute Gasteiger partial charge is 0.392 e. The Kier molecular flexibility index (Phi) is 5.53. The van der Waals surface area contributed by atoms with Crippen molar-refractivity contribution >= 4 is 0 Å². The third-order valence-corrected chi connectivity index (χ3v) is 5.94. The molecule has 2 fully saturated rings. The maximum Gasteiger partial charge on any atom is 0.0631 e. The summed E-state index contributed by atoms with van der Waals surface area (Å²) < 4.78 is 0. The van der Waals surface area contributed by atoms with Crippen LogP contribution in [0.1, 0.15) is 66.2 Å². The van der Waals surface area contributed by atoms with Gasteiger partial charge in [0.2, 0.25) is 0 Å². The van der Waals surface area contributed by atoms with Crippen molar-refractivity contribution < 1.29 is 5.11 Å². The van der Waals surface area contributed by atoms with Gasteiger partial charge in [-0.1, -0.05) is 34.1 Å². The molecule has 1 heterocycles. The predicted octanol–water partition coefficient (Wildman–Crippen LogP) is 3.93. The number of likely N-dealkylation sites (tertiary alicyclic amines) is 1. The maximum absolute atomic E-state index is 10.6.